The van der Waals surface area contributed by atoms with Gasteiger partial charge in [-0.05, 0) is 49.7 Å². The van der Waals surface area contributed by atoms with Crippen molar-refractivity contribution in [2.45, 2.75) is 26.7 Å². The number of H-pyrrole nitrogens is 1. The summed E-state index contributed by atoms with van der Waals surface area (Å²) in [7, 11) is 0. The fraction of sp³-hybridized carbons (Fsp3) is 0.217. The van der Waals surface area contributed by atoms with Gasteiger partial charge in [-0.3, -0.25) is 9.59 Å². The minimum atomic E-state index is -3.77. The molecule has 1 amide bonds. The van der Waals surface area contributed by atoms with Crippen LogP contribution in [0.4, 0.5) is 14.5 Å². The number of carbonyl (C=O) groups excluding carboxylic acids is 1. The lowest BCUT2D eigenvalue weighted by Crippen LogP contribution is -2.37. The summed E-state index contributed by atoms with van der Waals surface area (Å²) < 4.78 is 36.7. The number of aromatic amines is 1. The van der Waals surface area contributed by atoms with Crippen molar-refractivity contribution in [2.24, 2.45) is 0 Å². The maximum absolute atomic E-state index is 13.4. The highest BCUT2D eigenvalue weighted by Crippen LogP contribution is 2.42. The normalized spacial score (nSPS) is 13.9. The molecule has 9 nitrogen and oxygen atoms in total. The number of alkyl halides is 2. The van der Waals surface area contributed by atoms with Crippen molar-refractivity contribution in [3.63, 3.8) is 0 Å². The predicted octanol–water partition coefficient (Wildman–Crippen LogP) is 4.12. The third-order valence-corrected chi connectivity index (χ3v) is 5.67. The molecule has 0 radical (unpaired) electrons. The Hall–Kier alpha value is -3.99. The number of aryl methyl sites for hydroxylation is 1. The number of nitrogens with zero attached hydrogens (tertiary/aromatic N) is 4. The van der Waals surface area contributed by atoms with Gasteiger partial charge in [-0.15, -0.1) is 8.78 Å². The molecular formula is C23H18ClF2N5O4. The Kier molecular flexibility index (Phi) is 5.43. The van der Waals surface area contributed by atoms with Crippen LogP contribution >= 0.6 is 11.6 Å². The highest BCUT2D eigenvalue weighted by molar-refractivity contribution is 6.31. The van der Waals surface area contributed by atoms with Gasteiger partial charge in [-0.25, -0.2) is 9.67 Å². The number of benzene rings is 2. The van der Waals surface area contributed by atoms with Gasteiger partial charge in [-0.2, -0.15) is 5.10 Å². The first-order chi connectivity index (χ1) is 16.6. The zero-order chi connectivity index (χ0) is 24.9. The van der Waals surface area contributed by atoms with Crippen LogP contribution in [0.5, 0.6) is 11.5 Å². The van der Waals surface area contributed by atoms with Crippen molar-refractivity contribution >= 4 is 34.2 Å². The number of hydrogen-bond acceptors (Lipinski definition) is 6. The lowest BCUT2D eigenvalue weighted by molar-refractivity contribution is -0.286. The molecule has 0 spiro atoms. The largest absolute Gasteiger partial charge is 0.586 e. The molecule has 0 fully saturated rings. The van der Waals surface area contributed by atoms with E-state index in [0.29, 0.717) is 27.5 Å². The number of likely N-dealkylation sites (N-methyl/N-ethyl adjacent to an activating group) is 1. The third-order valence-electron chi connectivity index (χ3n) is 5.45. The highest BCUT2D eigenvalue weighted by Gasteiger charge is 2.43. The van der Waals surface area contributed by atoms with E-state index in [0.717, 1.165) is 10.2 Å². The average molecular weight is 502 g/mol. The van der Waals surface area contributed by atoms with Crippen LogP contribution in [-0.2, 0) is 11.3 Å². The summed E-state index contributed by atoms with van der Waals surface area (Å²) >= 11 is 6.22. The van der Waals surface area contributed by atoms with Crippen molar-refractivity contribution in [1.82, 2.24) is 19.7 Å². The summed E-state index contributed by atoms with van der Waals surface area (Å²) in [4.78, 5) is 34.6. The van der Waals surface area contributed by atoms with Crippen molar-refractivity contribution in [1.29, 1.82) is 0 Å². The highest BCUT2D eigenvalue weighted by atomic mass is 35.5. The first kappa shape index (κ1) is 22.8. The molecule has 35 heavy (non-hydrogen) atoms. The van der Waals surface area contributed by atoms with E-state index in [-0.39, 0.29) is 23.6 Å². The van der Waals surface area contributed by atoms with E-state index >= 15 is 0 Å². The monoisotopic (exact) mass is 501 g/mol. The Morgan fingerprint density at radius 3 is 2.71 bits per heavy atom. The summed E-state index contributed by atoms with van der Waals surface area (Å²) in [5, 5.41) is 4.93. The number of halogens is 3. The number of rotatable bonds is 5. The van der Waals surface area contributed by atoms with E-state index in [9.17, 15) is 18.4 Å². The summed E-state index contributed by atoms with van der Waals surface area (Å²) in [6.07, 6.45) is -2.39. The molecule has 4 aromatic rings. The Morgan fingerprint density at radius 2 is 1.97 bits per heavy atom. The van der Waals surface area contributed by atoms with Crippen LogP contribution < -0.4 is 19.9 Å². The van der Waals surface area contributed by atoms with E-state index in [2.05, 4.69) is 24.5 Å². The van der Waals surface area contributed by atoms with Gasteiger partial charge in [0.2, 0.25) is 5.91 Å². The maximum Gasteiger partial charge on any atom is 0.586 e. The lowest BCUT2D eigenvalue weighted by Gasteiger charge is -2.21. The number of carbonyl (C=O) groups is 1. The molecule has 0 saturated heterocycles. The number of fused-ring (bicyclic) bond motifs is 2. The van der Waals surface area contributed by atoms with Crippen LogP contribution in [0.1, 0.15) is 12.5 Å². The van der Waals surface area contributed by atoms with Crippen LogP contribution in [0.2, 0.25) is 5.02 Å². The zero-order valence-corrected chi connectivity index (χ0v) is 19.3. The summed E-state index contributed by atoms with van der Waals surface area (Å²) in [6, 6.07) is 9.38. The van der Waals surface area contributed by atoms with E-state index in [1.54, 1.807) is 19.1 Å². The summed E-state index contributed by atoms with van der Waals surface area (Å²) in [6.45, 7) is 3.38. The minimum Gasteiger partial charge on any atom is -0.395 e. The average Bonchev–Trinajstić information content (AvgIpc) is 3.38. The van der Waals surface area contributed by atoms with E-state index in [1.807, 2.05) is 13.0 Å². The van der Waals surface area contributed by atoms with Crippen molar-refractivity contribution in [3.8, 4) is 22.8 Å². The molecule has 0 unspecified atom stereocenters. The fourth-order valence-corrected chi connectivity index (χ4v) is 4.27. The summed E-state index contributed by atoms with van der Waals surface area (Å²) in [5.41, 5.74) is 2.23. The minimum absolute atomic E-state index is 0.119. The third kappa shape index (κ3) is 4.18. The first-order valence-electron chi connectivity index (χ1n) is 10.6. The number of amides is 1. The van der Waals surface area contributed by atoms with E-state index < -0.39 is 24.3 Å². The zero-order valence-electron chi connectivity index (χ0n) is 18.5. The Balaban J connectivity index is 1.51. The van der Waals surface area contributed by atoms with Crippen LogP contribution in [0.25, 0.3) is 22.3 Å². The SMILES string of the molecule is CCN(C(=O)Cn1nc(-c2cc(C)cc(Cl)c2)c2[nH]cnc2c1=O)c1ccc2c(c1)OC(F)(F)O2. The number of aromatic nitrogens is 4. The first-order valence-corrected chi connectivity index (χ1v) is 10.9. The van der Waals surface area contributed by atoms with Gasteiger partial charge in [0.1, 0.15) is 12.2 Å². The topological polar surface area (TPSA) is 102 Å². The quantitative estimate of drug-likeness (QED) is 0.441. The number of ether oxygens (including phenoxy) is 2. The Labute approximate surface area is 201 Å². The fourth-order valence-electron chi connectivity index (χ4n) is 3.98. The molecule has 1 aliphatic heterocycles. The second kappa shape index (κ2) is 8.35. The molecule has 12 heteroatoms. The van der Waals surface area contributed by atoms with E-state index in [4.69, 9.17) is 11.6 Å². The molecule has 0 bridgehead atoms. The van der Waals surface area contributed by atoms with Gasteiger partial charge < -0.3 is 19.4 Å². The van der Waals surface area contributed by atoms with Crippen molar-refractivity contribution in [2.75, 3.05) is 11.4 Å². The molecule has 0 saturated carbocycles. The van der Waals surface area contributed by atoms with Gasteiger partial charge in [0.25, 0.3) is 5.56 Å². The number of imidazole rings is 1. The van der Waals surface area contributed by atoms with Gasteiger partial charge in [0, 0.05) is 28.9 Å². The molecule has 0 aliphatic carbocycles. The molecule has 2 aromatic carbocycles. The second-order valence-corrected chi connectivity index (χ2v) is 8.33. The van der Waals surface area contributed by atoms with Gasteiger partial charge in [-0.1, -0.05) is 11.6 Å². The standard InChI is InChI=1S/C23H18ClF2N5O4/c1-3-30(15-4-5-16-17(9-15)35-23(25,26)34-16)18(32)10-31-22(33)21-20(27-11-28-21)19(29-31)13-6-12(2)7-14(24)8-13/h4-9,11H,3,10H2,1-2H3,(H,27,28). The summed E-state index contributed by atoms with van der Waals surface area (Å²) in [5.74, 6) is -0.813. The molecular weight excluding hydrogens is 484 g/mol. The lowest BCUT2D eigenvalue weighted by atomic mass is 10.1. The van der Waals surface area contributed by atoms with Crippen LogP contribution in [-0.4, -0.2) is 38.5 Å². The van der Waals surface area contributed by atoms with Crippen LogP contribution in [0.15, 0.2) is 47.5 Å². The molecule has 180 valence electrons. The van der Waals surface area contributed by atoms with Crippen molar-refractivity contribution < 1.29 is 23.0 Å². The van der Waals surface area contributed by atoms with E-state index in [1.165, 1.54) is 29.4 Å². The maximum atomic E-state index is 13.4. The smallest absolute Gasteiger partial charge is 0.395 e. The molecule has 1 N–H and O–H groups in total. The Morgan fingerprint density at radius 1 is 1.20 bits per heavy atom. The predicted molar refractivity (Wildman–Crippen MR) is 124 cm³/mol. The van der Waals surface area contributed by atoms with Crippen molar-refractivity contribution in [3.05, 3.63) is 63.7 Å². The van der Waals surface area contributed by atoms with Gasteiger partial charge >= 0.3 is 6.29 Å². The number of nitrogens with one attached hydrogen (secondary N) is 1. The number of anilines is 1. The van der Waals surface area contributed by atoms with Gasteiger partial charge in [0.05, 0.1) is 11.8 Å². The van der Waals surface area contributed by atoms with Gasteiger partial charge in [0.15, 0.2) is 17.0 Å². The molecule has 2 aromatic heterocycles. The number of hydrogen-bond donors (Lipinski definition) is 1. The molecule has 5 rings (SSSR count). The van der Waals surface area contributed by atoms with Crippen LogP contribution in [0.3, 0.4) is 0 Å². The van der Waals surface area contributed by atoms with Crippen LogP contribution in [0, 0.1) is 6.92 Å². The molecule has 0 atom stereocenters. The Bertz CT molecular complexity index is 1510. The molecule has 3 heterocycles. The molecule has 1 aliphatic rings. The second-order valence-electron chi connectivity index (χ2n) is 7.89.